The molecule has 4 heteroatoms. The van der Waals surface area contributed by atoms with Crippen LogP contribution in [0.4, 0.5) is 14.5 Å². The number of nitrogens with two attached hydrogens (primary N) is 1. The van der Waals surface area contributed by atoms with Crippen LogP contribution in [0.5, 0.6) is 0 Å². The summed E-state index contributed by atoms with van der Waals surface area (Å²) in [6.07, 6.45) is -0.346. The third-order valence-corrected chi connectivity index (χ3v) is 2.90. The van der Waals surface area contributed by atoms with Crippen molar-refractivity contribution >= 4 is 21.6 Å². The predicted molar refractivity (Wildman–Crippen MR) is 50.9 cm³/mol. The van der Waals surface area contributed by atoms with Crippen LogP contribution in [0.3, 0.4) is 0 Å². The fraction of sp³-hybridized carbons (Fsp3) is 0.333. The number of rotatable bonds is 0. The Labute approximate surface area is 83.1 Å². The number of alkyl halides is 2. The molecule has 1 aromatic rings. The van der Waals surface area contributed by atoms with E-state index in [1.165, 1.54) is 0 Å². The molecule has 0 radical (unpaired) electrons. The third-order valence-electron chi connectivity index (χ3n) is 2.22. The van der Waals surface area contributed by atoms with Crippen molar-refractivity contribution in [2.24, 2.45) is 0 Å². The van der Waals surface area contributed by atoms with Gasteiger partial charge in [0, 0.05) is 23.0 Å². The van der Waals surface area contributed by atoms with Gasteiger partial charge in [0.2, 0.25) is 0 Å². The van der Waals surface area contributed by atoms with Gasteiger partial charge >= 0.3 is 0 Å². The highest BCUT2D eigenvalue weighted by molar-refractivity contribution is 9.10. The van der Waals surface area contributed by atoms with Crippen LogP contribution in [0.15, 0.2) is 16.6 Å². The number of halogens is 3. The first-order valence-corrected chi connectivity index (χ1v) is 4.72. The van der Waals surface area contributed by atoms with E-state index in [-0.39, 0.29) is 12.8 Å². The van der Waals surface area contributed by atoms with Crippen LogP contribution in [-0.4, -0.2) is 5.92 Å². The van der Waals surface area contributed by atoms with Crippen molar-refractivity contribution in [1.29, 1.82) is 0 Å². The number of hydrogen-bond donors (Lipinski definition) is 1. The van der Waals surface area contributed by atoms with Crippen molar-refractivity contribution in [3.63, 3.8) is 0 Å². The van der Waals surface area contributed by atoms with E-state index < -0.39 is 5.92 Å². The molecule has 2 rings (SSSR count). The minimum absolute atomic E-state index is 0.165. The van der Waals surface area contributed by atoms with Crippen molar-refractivity contribution in [3.8, 4) is 0 Å². The molecule has 0 aliphatic heterocycles. The molecule has 0 saturated heterocycles. The molecule has 0 spiro atoms. The molecule has 2 N–H and O–H groups in total. The minimum Gasteiger partial charge on any atom is -0.398 e. The molecule has 1 aliphatic carbocycles. The van der Waals surface area contributed by atoms with Gasteiger partial charge in [0.15, 0.2) is 0 Å². The second kappa shape index (κ2) is 2.67. The van der Waals surface area contributed by atoms with Crippen LogP contribution >= 0.6 is 15.9 Å². The Bertz CT molecular complexity index is 330. The minimum atomic E-state index is -2.59. The average molecular weight is 248 g/mol. The maximum atomic E-state index is 12.9. The summed E-state index contributed by atoms with van der Waals surface area (Å²) in [5, 5.41) is 0. The molecular formula is C9H8BrF2N. The lowest BCUT2D eigenvalue weighted by molar-refractivity contribution is 0.0130. The monoisotopic (exact) mass is 247 g/mol. The fourth-order valence-electron chi connectivity index (χ4n) is 1.63. The zero-order valence-corrected chi connectivity index (χ0v) is 8.37. The lowest BCUT2D eigenvalue weighted by atomic mass is 10.1. The molecule has 0 bridgehead atoms. The molecule has 0 heterocycles. The Balaban J connectivity index is 2.48. The van der Waals surface area contributed by atoms with E-state index in [0.29, 0.717) is 21.3 Å². The molecule has 0 atom stereocenters. The predicted octanol–water partition coefficient (Wildman–Crippen LogP) is 2.77. The molecule has 0 aromatic heterocycles. The highest BCUT2D eigenvalue weighted by Gasteiger charge is 2.37. The number of benzene rings is 1. The topological polar surface area (TPSA) is 26.0 Å². The summed E-state index contributed by atoms with van der Waals surface area (Å²) >= 11 is 3.22. The maximum absolute atomic E-state index is 12.9. The number of anilines is 1. The Morgan fingerprint density at radius 1 is 1.23 bits per heavy atom. The molecule has 0 unspecified atom stereocenters. The van der Waals surface area contributed by atoms with Crippen molar-refractivity contribution < 1.29 is 8.78 Å². The second-order valence-corrected chi connectivity index (χ2v) is 4.21. The number of fused-ring (bicyclic) bond motifs is 1. The van der Waals surface area contributed by atoms with E-state index in [4.69, 9.17) is 5.73 Å². The Kier molecular flexibility index (Phi) is 1.84. The van der Waals surface area contributed by atoms with Gasteiger partial charge in [-0.05, 0) is 39.2 Å². The molecular weight excluding hydrogens is 240 g/mol. The molecule has 0 amide bonds. The zero-order chi connectivity index (χ0) is 9.64. The fourth-order valence-corrected chi connectivity index (χ4v) is 2.02. The van der Waals surface area contributed by atoms with Crippen molar-refractivity contribution in [2.45, 2.75) is 18.8 Å². The van der Waals surface area contributed by atoms with Crippen molar-refractivity contribution in [1.82, 2.24) is 0 Å². The number of nitrogen functional groups attached to an aromatic ring is 1. The largest absolute Gasteiger partial charge is 0.398 e. The van der Waals surface area contributed by atoms with Gasteiger partial charge in [-0.15, -0.1) is 0 Å². The van der Waals surface area contributed by atoms with Gasteiger partial charge in [-0.25, -0.2) is 8.78 Å². The first-order valence-electron chi connectivity index (χ1n) is 3.92. The van der Waals surface area contributed by atoms with Gasteiger partial charge in [-0.3, -0.25) is 0 Å². The van der Waals surface area contributed by atoms with Gasteiger partial charge in [-0.2, -0.15) is 0 Å². The normalized spacial score (nSPS) is 18.7. The van der Waals surface area contributed by atoms with E-state index >= 15 is 0 Å². The molecule has 0 fully saturated rings. The van der Waals surface area contributed by atoms with Crippen LogP contribution < -0.4 is 5.73 Å². The standard InChI is InChI=1S/C9H8BrF2N/c10-7-1-5-3-9(11,12)4-6(5)2-8(7)13/h1-2H,3-4,13H2. The first kappa shape index (κ1) is 8.94. The SMILES string of the molecule is Nc1cc2c(cc1Br)CC(F)(F)C2. The average Bonchev–Trinajstić information content (AvgIpc) is 2.24. The quantitative estimate of drug-likeness (QED) is 0.702. The molecule has 13 heavy (non-hydrogen) atoms. The summed E-state index contributed by atoms with van der Waals surface area (Å²) in [5.41, 5.74) is 7.49. The first-order chi connectivity index (χ1) is 5.98. The van der Waals surface area contributed by atoms with Crippen LogP contribution in [0, 0.1) is 0 Å². The van der Waals surface area contributed by atoms with E-state index in [9.17, 15) is 8.78 Å². The Morgan fingerprint density at radius 3 is 2.38 bits per heavy atom. The summed E-state index contributed by atoms with van der Waals surface area (Å²) in [4.78, 5) is 0. The summed E-state index contributed by atoms with van der Waals surface area (Å²) in [7, 11) is 0. The highest BCUT2D eigenvalue weighted by atomic mass is 79.9. The summed E-state index contributed by atoms with van der Waals surface area (Å²) < 4.78 is 26.6. The summed E-state index contributed by atoms with van der Waals surface area (Å²) in [6, 6.07) is 3.31. The highest BCUT2D eigenvalue weighted by Crippen LogP contribution is 2.37. The van der Waals surface area contributed by atoms with Gasteiger partial charge < -0.3 is 5.73 Å². The van der Waals surface area contributed by atoms with Crippen molar-refractivity contribution in [3.05, 3.63) is 27.7 Å². The van der Waals surface area contributed by atoms with Crippen LogP contribution in [0.2, 0.25) is 0 Å². The Hall–Kier alpha value is -0.640. The summed E-state index contributed by atoms with van der Waals surface area (Å²) in [6.45, 7) is 0. The zero-order valence-electron chi connectivity index (χ0n) is 6.78. The molecule has 70 valence electrons. The second-order valence-electron chi connectivity index (χ2n) is 3.35. The molecule has 1 aliphatic rings. The molecule has 1 nitrogen and oxygen atoms in total. The smallest absolute Gasteiger partial charge is 0.256 e. The number of hydrogen-bond acceptors (Lipinski definition) is 1. The van der Waals surface area contributed by atoms with Gasteiger partial charge in [0.25, 0.3) is 5.92 Å². The lowest BCUT2D eigenvalue weighted by Crippen LogP contribution is -2.14. The lowest BCUT2D eigenvalue weighted by Gasteiger charge is -2.04. The van der Waals surface area contributed by atoms with Crippen LogP contribution in [0.25, 0.3) is 0 Å². The third kappa shape index (κ3) is 1.55. The molecule has 0 saturated carbocycles. The Morgan fingerprint density at radius 2 is 1.77 bits per heavy atom. The van der Waals surface area contributed by atoms with Gasteiger partial charge in [-0.1, -0.05) is 0 Å². The van der Waals surface area contributed by atoms with E-state index in [0.717, 1.165) is 0 Å². The van der Waals surface area contributed by atoms with Gasteiger partial charge in [0.05, 0.1) is 0 Å². The molecule has 1 aromatic carbocycles. The summed E-state index contributed by atoms with van der Waals surface area (Å²) in [5.74, 6) is -2.59. The van der Waals surface area contributed by atoms with Crippen molar-refractivity contribution in [2.75, 3.05) is 5.73 Å². The maximum Gasteiger partial charge on any atom is 0.256 e. The van der Waals surface area contributed by atoms with E-state index in [2.05, 4.69) is 15.9 Å². The van der Waals surface area contributed by atoms with Crippen LogP contribution in [0.1, 0.15) is 11.1 Å². The van der Waals surface area contributed by atoms with E-state index in [1.807, 2.05) is 0 Å². The van der Waals surface area contributed by atoms with E-state index in [1.54, 1.807) is 12.1 Å². The van der Waals surface area contributed by atoms with Crippen LogP contribution in [-0.2, 0) is 12.8 Å². The van der Waals surface area contributed by atoms with Gasteiger partial charge in [0.1, 0.15) is 0 Å².